The van der Waals surface area contributed by atoms with Crippen molar-refractivity contribution in [1.82, 2.24) is 9.97 Å². The molecule has 5 rings (SSSR count). The summed E-state index contributed by atoms with van der Waals surface area (Å²) >= 11 is 1.85. The molecule has 0 atom stereocenters. The first kappa shape index (κ1) is 19.5. The number of aryl methyl sites for hydroxylation is 2. The van der Waals surface area contributed by atoms with Crippen LogP contribution in [0.25, 0.3) is 10.2 Å². The minimum Gasteiger partial charge on any atom is -0.372 e. The highest BCUT2D eigenvalue weighted by Gasteiger charge is 2.20. The molecule has 0 bridgehead atoms. The maximum Gasteiger partial charge on any atom is 0.142 e. The molecule has 6 heteroatoms. The summed E-state index contributed by atoms with van der Waals surface area (Å²) in [7, 11) is 0. The van der Waals surface area contributed by atoms with Crippen molar-refractivity contribution in [1.29, 1.82) is 0 Å². The van der Waals surface area contributed by atoms with Gasteiger partial charge in [-0.15, -0.1) is 23.7 Å². The molecule has 3 aromatic rings. The van der Waals surface area contributed by atoms with Crippen molar-refractivity contribution in [2.24, 2.45) is 5.92 Å². The predicted octanol–water partition coefficient (Wildman–Crippen LogP) is 5.97. The van der Waals surface area contributed by atoms with E-state index in [1.165, 1.54) is 66.7 Å². The summed E-state index contributed by atoms with van der Waals surface area (Å²) in [6, 6.07) is 8.83. The Morgan fingerprint density at radius 3 is 2.57 bits per heavy atom. The topological polar surface area (TPSA) is 41.0 Å². The van der Waals surface area contributed by atoms with Crippen molar-refractivity contribution >= 4 is 51.2 Å². The summed E-state index contributed by atoms with van der Waals surface area (Å²) in [5.41, 5.74) is 3.90. The molecule has 4 nitrogen and oxygen atoms in total. The summed E-state index contributed by atoms with van der Waals surface area (Å²) in [5, 5.41) is 4.80. The summed E-state index contributed by atoms with van der Waals surface area (Å²) in [5.74, 6) is 1.82. The van der Waals surface area contributed by atoms with E-state index >= 15 is 0 Å². The molecule has 0 amide bonds. The zero-order valence-electron chi connectivity index (χ0n) is 16.3. The average molecular weight is 415 g/mol. The minimum absolute atomic E-state index is 0. The highest BCUT2D eigenvalue weighted by molar-refractivity contribution is 7.19. The quantitative estimate of drug-likeness (QED) is 0.573. The molecule has 3 heterocycles. The first-order valence-electron chi connectivity index (χ1n) is 10.2. The number of aromatic nitrogens is 2. The maximum atomic E-state index is 4.58. The summed E-state index contributed by atoms with van der Waals surface area (Å²) in [6.45, 7) is 4.69. The van der Waals surface area contributed by atoms with E-state index in [1.54, 1.807) is 6.33 Å². The van der Waals surface area contributed by atoms with Crippen LogP contribution in [0.1, 0.15) is 43.0 Å². The molecular weight excluding hydrogens is 388 g/mol. The first-order chi connectivity index (χ1) is 13.3. The highest BCUT2D eigenvalue weighted by Crippen LogP contribution is 2.39. The molecule has 2 aliphatic rings. The number of hydrogen-bond donors (Lipinski definition) is 1. The standard InChI is InChI=1S/C22H26N4S.ClH/c1-15-10-12-26(13-11-15)17-8-6-16(7-9-17)25-21-20-18-4-2-3-5-19(18)27-22(20)24-14-23-21;/h6-9,14-15H,2-5,10-13H2,1H3,(H,23,24,25);1H. The maximum absolute atomic E-state index is 4.58. The molecule has 1 saturated heterocycles. The third-order valence-electron chi connectivity index (χ3n) is 6.03. The van der Waals surface area contributed by atoms with Crippen LogP contribution in [-0.4, -0.2) is 23.1 Å². The van der Waals surface area contributed by atoms with Gasteiger partial charge in [-0.2, -0.15) is 0 Å². The predicted molar refractivity (Wildman–Crippen MR) is 122 cm³/mol. The van der Waals surface area contributed by atoms with E-state index in [0.29, 0.717) is 0 Å². The largest absolute Gasteiger partial charge is 0.372 e. The molecule has 1 aliphatic carbocycles. The molecule has 0 saturated carbocycles. The molecule has 0 spiro atoms. The molecule has 2 aromatic heterocycles. The second kappa shape index (κ2) is 8.26. The van der Waals surface area contributed by atoms with Crippen molar-refractivity contribution in [2.45, 2.75) is 45.4 Å². The fourth-order valence-corrected chi connectivity index (χ4v) is 5.57. The van der Waals surface area contributed by atoms with Gasteiger partial charge in [-0.25, -0.2) is 9.97 Å². The van der Waals surface area contributed by atoms with Gasteiger partial charge in [-0.1, -0.05) is 6.92 Å². The Morgan fingerprint density at radius 2 is 1.79 bits per heavy atom. The second-order valence-corrected chi connectivity index (χ2v) is 9.04. The lowest BCUT2D eigenvalue weighted by Gasteiger charge is -2.32. The van der Waals surface area contributed by atoms with E-state index in [4.69, 9.17) is 0 Å². The van der Waals surface area contributed by atoms with Crippen molar-refractivity contribution in [2.75, 3.05) is 23.3 Å². The van der Waals surface area contributed by atoms with Gasteiger partial charge < -0.3 is 10.2 Å². The Balaban J connectivity index is 0.00000192. The lowest BCUT2D eigenvalue weighted by atomic mass is 9.97. The van der Waals surface area contributed by atoms with Crippen molar-refractivity contribution in [3.8, 4) is 0 Å². The van der Waals surface area contributed by atoms with Gasteiger partial charge in [0.25, 0.3) is 0 Å². The molecule has 1 N–H and O–H groups in total. The van der Waals surface area contributed by atoms with Gasteiger partial charge in [0.2, 0.25) is 0 Å². The number of nitrogens with one attached hydrogen (secondary N) is 1. The number of anilines is 3. The lowest BCUT2D eigenvalue weighted by Crippen LogP contribution is -2.32. The number of thiophene rings is 1. The van der Waals surface area contributed by atoms with E-state index in [9.17, 15) is 0 Å². The number of piperidine rings is 1. The summed E-state index contributed by atoms with van der Waals surface area (Å²) in [4.78, 5) is 14.2. The van der Waals surface area contributed by atoms with Crippen LogP contribution in [0.3, 0.4) is 0 Å². The van der Waals surface area contributed by atoms with Crippen LogP contribution < -0.4 is 10.2 Å². The van der Waals surface area contributed by atoms with Crippen molar-refractivity contribution in [3.63, 3.8) is 0 Å². The monoisotopic (exact) mass is 414 g/mol. The third kappa shape index (κ3) is 3.70. The van der Waals surface area contributed by atoms with Crippen molar-refractivity contribution < 1.29 is 0 Å². The Hall–Kier alpha value is -1.85. The summed E-state index contributed by atoms with van der Waals surface area (Å²) < 4.78 is 0. The van der Waals surface area contributed by atoms with Crippen LogP contribution >= 0.6 is 23.7 Å². The molecule has 1 aliphatic heterocycles. The van der Waals surface area contributed by atoms with Crippen LogP contribution in [0.2, 0.25) is 0 Å². The van der Waals surface area contributed by atoms with Gasteiger partial charge in [0.1, 0.15) is 17.0 Å². The van der Waals surface area contributed by atoms with Crippen LogP contribution in [0, 0.1) is 5.92 Å². The van der Waals surface area contributed by atoms with Crippen LogP contribution in [0.4, 0.5) is 17.2 Å². The summed E-state index contributed by atoms with van der Waals surface area (Å²) in [6.07, 6.45) is 9.20. The van der Waals surface area contributed by atoms with Gasteiger partial charge >= 0.3 is 0 Å². The van der Waals surface area contributed by atoms with Gasteiger partial charge in [-0.05, 0) is 74.3 Å². The molecular formula is C22H27ClN4S. The van der Waals surface area contributed by atoms with E-state index in [-0.39, 0.29) is 12.4 Å². The van der Waals surface area contributed by atoms with Crippen LogP contribution in [-0.2, 0) is 12.8 Å². The number of halogens is 1. The van der Waals surface area contributed by atoms with Crippen LogP contribution in [0.15, 0.2) is 30.6 Å². The van der Waals surface area contributed by atoms with Gasteiger partial charge in [-0.3, -0.25) is 0 Å². The lowest BCUT2D eigenvalue weighted by molar-refractivity contribution is 0.438. The van der Waals surface area contributed by atoms with E-state index in [1.807, 2.05) is 11.3 Å². The van der Waals surface area contributed by atoms with E-state index < -0.39 is 0 Å². The zero-order chi connectivity index (χ0) is 18.2. The fourth-order valence-electron chi connectivity index (χ4n) is 4.34. The number of hydrogen-bond acceptors (Lipinski definition) is 5. The zero-order valence-corrected chi connectivity index (χ0v) is 17.9. The molecule has 1 fully saturated rings. The van der Waals surface area contributed by atoms with E-state index in [2.05, 4.69) is 51.4 Å². The van der Waals surface area contributed by atoms with Crippen molar-refractivity contribution in [3.05, 3.63) is 41.0 Å². The van der Waals surface area contributed by atoms with Gasteiger partial charge in [0.05, 0.1) is 5.39 Å². The minimum atomic E-state index is 0. The molecule has 28 heavy (non-hydrogen) atoms. The Kier molecular flexibility index (Phi) is 5.74. The normalized spacial score (nSPS) is 17.2. The van der Waals surface area contributed by atoms with Gasteiger partial charge in [0, 0.05) is 29.3 Å². The number of fused-ring (bicyclic) bond motifs is 3. The molecule has 1 aromatic carbocycles. The average Bonchev–Trinajstić information content (AvgIpc) is 3.09. The highest BCUT2D eigenvalue weighted by atomic mass is 35.5. The number of nitrogens with zero attached hydrogens (tertiary/aromatic N) is 3. The fraction of sp³-hybridized carbons (Fsp3) is 0.455. The van der Waals surface area contributed by atoms with Crippen LogP contribution in [0.5, 0.6) is 0 Å². The third-order valence-corrected chi connectivity index (χ3v) is 7.23. The number of benzene rings is 1. The Labute approximate surface area is 176 Å². The number of rotatable bonds is 3. The molecule has 0 unspecified atom stereocenters. The second-order valence-electron chi connectivity index (χ2n) is 7.95. The molecule has 0 radical (unpaired) electrons. The van der Waals surface area contributed by atoms with Gasteiger partial charge in [0.15, 0.2) is 0 Å². The first-order valence-corrected chi connectivity index (χ1v) is 11.0. The Bertz CT molecular complexity index is 945. The Morgan fingerprint density at radius 1 is 1.04 bits per heavy atom. The van der Waals surface area contributed by atoms with E-state index in [0.717, 1.165) is 28.7 Å². The molecule has 148 valence electrons. The smallest absolute Gasteiger partial charge is 0.142 e. The SMILES string of the molecule is CC1CCN(c2ccc(Nc3ncnc4sc5c(c34)CCCC5)cc2)CC1.Cl.